The molecule has 4 heteroatoms. The van der Waals surface area contributed by atoms with E-state index in [0.717, 1.165) is 10.0 Å². The van der Waals surface area contributed by atoms with Crippen molar-refractivity contribution in [3.8, 4) is 5.75 Å². The third kappa shape index (κ3) is 3.20. The van der Waals surface area contributed by atoms with E-state index < -0.39 is 5.82 Å². The molecule has 0 fully saturated rings. The zero-order chi connectivity index (χ0) is 12.3. The summed E-state index contributed by atoms with van der Waals surface area (Å²) in [5.41, 5.74) is 0.960. The molecule has 0 saturated carbocycles. The maximum Gasteiger partial charge on any atom is 0.166 e. The normalized spacial score (nSPS) is 10.3. The van der Waals surface area contributed by atoms with Crippen LogP contribution in [-0.2, 0) is 6.61 Å². The Hall–Kier alpha value is -1.06. The predicted molar refractivity (Wildman–Crippen MR) is 69.9 cm³/mol. The van der Waals surface area contributed by atoms with Crippen molar-refractivity contribution in [2.24, 2.45) is 0 Å². The van der Waals surface area contributed by atoms with E-state index in [9.17, 15) is 4.39 Å². The minimum Gasteiger partial charge on any atom is -0.486 e. The summed E-state index contributed by atoms with van der Waals surface area (Å²) in [5.74, 6) is -0.255. The highest BCUT2D eigenvalue weighted by atomic mass is 79.9. The molecule has 17 heavy (non-hydrogen) atoms. The Bertz CT molecular complexity index is 531. The van der Waals surface area contributed by atoms with E-state index in [0.29, 0.717) is 11.6 Å². The van der Waals surface area contributed by atoms with Gasteiger partial charge in [0.1, 0.15) is 6.61 Å². The summed E-state index contributed by atoms with van der Waals surface area (Å²) in [7, 11) is 0. The van der Waals surface area contributed by atoms with Gasteiger partial charge in [-0.2, -0.15) is 0 Å². The average molecular weight is 316 g/mol. The molecule has 0 aromatic heterocycles. The van der Waals surface area contributed by atoms with E-state index in [2.05, 4.69) is 15.9 Å². The summed E-state index contributed by atoms with van der Waals surface area (Å²) in [6.07, 6.45) is 0. The Balaban J connectivity index is 2.10. The Kier molecular flexibility index (Phi) is 4.02. The molecule has 0 aliphatic rings. The predicted octanol–water partition coefficient (Wildman–Crippen LogP) is 4.82. The summed E-state index contributed by atoms with van der Waals surface area (Å²) < 4.78 is 19.8. The molecule has 0 unspecified atom stereocenters. The second kappa shape index (κ2) is 5.52. The maximum absolute atomic E-state index is 13.4. The quantitative estimate of drug-likeness (QED) is 0.789. The summed E-state index contributed by atoms with van der Waals surface area (Å²) in [4.78, 5) is 0. The fraction of sp³-hybridized carbons (Fsp3) is 0.0769. The molecule has 0 N–H and O–H groups in total. The van der Waals surface area contributed by atoms with Crippen LogP contribution in [0, 0.1) is 5.82 Å². The van der Waals surface area contributed by atoms with Gasteiger partial charge in [-0.05, 0) is 24.3 Å². The number of hydrogen-bond donors (Lipinski definition) is 0. The van der Waals surface area contributed by atoms with Gasteiger partial charge in [-0.3, -0.25) is 0 Å². The van der Waals surface area contributed by atoms with Gasteiger partial charge in [0.15, 0.2) is 11.6 Å². The van der Waals surface area contributed by atoms with Gasteiger partial charge < -0.3 is 4.74 Å². The van der Waals surface area contributed by atoms with Gasteiger partial charge in [-0.1, -0.05) is 45.7 Å². The largest absolute Gasteiger partial charge is 0.486 e. The molecule has 2 rings (SSSR count). The van der Waals surface area contributed by atoms with Crippen LogP contribution in [-0.4, -0.2) is 0 Å². The Morgan fingerprint density at radius 3 is 2.65 bits per heavy atom. The molecule has 1 nitrogen and oxygen atoms in total. The maximum atomic E-state index is 13.4. The highest BCUT2D eigenvalue weighted by Crippen LogP contribution is 2.23. The molecule has 0 aliphatic heterocycles. The lowest BCUT2D eigenvalue weighted by atomic mass is 10.2. The SMILES string of the molecule is Fc1cc(Cl)ccc1OCc1ccccc1Br. The van der Waals surface area contributed by atoms with Gasteiger partial charge in [0.05, 0.1) is 0 Å². The van der Waals surface area contributed by atoms with Crippen LogP contribution < -0.4 is 4.74 Å². The fourth-order valence-electron chi connectivity index (χ4n) is 1.36. The minimum absolute atomic E-state index is 0.199. The number of benzene rings is 2. The number of halogens is 3. The summed E-state index contributed by atoms with van der Waals surface area (Å²) in [5, 5.41) is 0.357. The molecule has 0 atom stereocenters. The van der Waals surface area contributed by atoms with Gasteiger partial charge in [0, 0.05) is 15.1 Å². The van der Waals surface area contributed by atoms with Crippen molar-refractivity contribution in [1.82, 2.24) is 0 Å². The first kappa shape index (κ1) is 12.4. The summed E-state index contributed by atoms with van der Waals surface area (Å²) in [6.45, 7) is 0.306. The zero-order valence-corrected chi connectivity index (χ0v) is 11.1. The molecule has 2 aromatic rings. The van der Waals surface area contributed by atoms with E-state index >= 15 is 0 Å². The molecule has 0 aliphatic carbocycles. The van der Waals surface area contributed by atoms with E-state index in [1.807, 2.05) is 24.3 Å². The average Bonchev–Trinajstić information content (AvgIpc) is 2.30. The van der Waals surface area contributed by atoms with E-state index in [4.69, 9.17) is 16.3 Å². The van der Waals surface area contributed by atoms with Crippen LogP contribution in [0.15, 0.2) is 46.9 Å². The van der Waals surface area contributed by atoms with Crippen molar-refractivity contribution < 1.29 is 9.13 Å². The van der Waals surface area contributed by atoms with Gasteiger partial charge in [-0.25, -0.2) is 4.39 Å². The molecular weight excluding hydrogens is 306 g/mol. The third-order valence-corrected chi connectivity index (χ3v) is 3.24. The van der Waals surface area contributed by atoms with Crippen LogP contribution in [0.5, 0.6) is 5.75 Å². The first-order valence-electron chi connectivity index (χ1n) is 4.98. The molecule has 0 spiro atoms. The first-order chi connectivity index (χ1) is 8.16. The smallest absolute Gasteiger partial charge is 0.166 e. The minimum atomic E-state index is -0.454. The van der Waals surface area contributed by atoms with Gasteiger partial charge in [-0.15, -0.1) is 0 Å². The molecule has 0 amide bonds. The Morgan fingerprint density at radius 1 is 1.18 bits per heavy atom. The van der Waals surface area contributed by atoms with Crippen LogP contribution in [0.3, 0.4) is 0 Å². The fourth-order valence-corrected chi connectivity index (χ4v) is 1.92. The van der Waals surface area contributed by atoms with Crippen molar-refractivity contribution >= 4 is 27.5 Å². The molecule has 2 aromatic carbocycles. The second-order valence-corrected chi connectivity index (χ2v) is 4.75. The number of ether oxygens (including phenoxy) is 1. The molecule has 88 valence electrons. The van der Waals surface area contributed by atoms with Crippen molar-refractivity contribution in [2.45, 2.75) is 6.61 Å². The number of rotatable bonds is 3. The lowest BCUT2D eigenvalue weighted by Crippen LogP contribution is -1.98. The van der Waals surface area contributed by atoms with Crippen LogP contribution in [0.2, 0.25) is 5.02 Å². The summed E-state index contributed by atoms with van der Waals surface area (Å²) in [6, 6.07) is 12.0. The van der Waals surface area contributed by atoms with E-state index in [1.165, 1.54) is 12.1 Å². The monoisotopic (exact) mass is 314 g/mol. The van der Waals surface area contributed by atoms with Crippen molar-refractivity contribution in [3.05, 3.63) is 63.3 Å². The molecular formula is C13H9BrClFO. The lowest BCUT2D eigenvalue weighted by molar-refractivity contribution is 0.289. The Labute approximate surface area is 112 Å². The molecule has 0 heterocycles. The van der Waals surface area contributed by atoms with E-state index in [-0.39, 0.29) is 5.75 Å². The molecule has 0 radical (unpaired) electrons. The topological polar surface area (TPSA) is 9.23 Å². The van der Waals surface area contributed by atoms with Crippen molar-refractivity contribution in [3.63, 3.8) is 0 Å². The van der Waals surface area contributed by atoms with Gasteiger partial charge in [0.25, 0.3) is 0 Å². The third-order valence-electron chi connectivity index (χ3n) is 2.23. The molecule has 0 bridgehead atoms. The van der Waals surface area contributed by atoms with Crippen molar-refractivity contribution in [2.75, 3.05) is 0 Å². The molecule has 0 saturated heterocycles. The highest BCUT2D eigenvalue weighted by molar-refractivity contribution is 9.10. The lowest BCUT2D eigenvalue weighted by Gasteiger charge is -2.08. The van der Waals surface area contributed by atoms with Crippen LogP contribution in [0.4, 0.5) is 4.39 Å². The van der Waals surface area contributed by atoms with E-state index in [1.54, 1.807) is 6.07 Å². The van der Waals surface area contributed by atoms with Gasteiger partial charge >= 0.3 is 0 Å². The van der Waals surface area contributed by atoms with Crippen LogP contribution in [0.1, 0.15) is 5.56 Å². The second-order valence-electron chi connectivity index (χ2n) is 3.45. The Morgan fingerprint density at radius 2 is 1.94 bits per heavy atom. The van der Waals surface area contributed by atoms with Crippen LogP contribution >= 0.6 is 27.5 Å². The summed E-state index contributed by atoms with van der Waals surface area (Å²) >= 11 is 9.06. The highest BCUT2D eigenvalue weighted by Gasteiger charge is 2.05. The standard InChI is InChI=1S/C13H9BrClFO/c14-11-4-2-1-3-9(11)8-17-13-6-5-10(15)7-12(13)16/h1-7H,8H2. The first-order valence-corrected chi connectivity index (χ1v) is 6.15. The number of hydrogen-bond acceptors (Lipinski definition) is 1. The van der Waals surface area contributed by atoms with Crippen LogP contribution in [0.25, 0.3) is 0 Å². The zero-order valence-electron chi connectivity index (χ0n) is 8.79. The van der Waals surface area contributed by atoms with Crippen molar-refractivity contribution in [1.29, 1.82) is 0 Å². The van der Waals surface area contributed by atoms with Gasteiger partial charge in [0.2, 0.25) is 0 Å².